The number of ether oxygens (including phenoxy) is 1. The second kappa shape index (κ2) is 4.85. The van der Waals surface area contributed by atoms with Gasteiger partial charge in [-0.05, 0) is 37.6 Å². The fourth-order valence-electron chi connectivity index (χ4n) is 3.00. The number of amides is 1. The topological polar surface area (TPSA) is 41.6 Å². The SMILES string of the molecule is CC1CNCC(C)N1C(=O)c1ccc2c(c1)CCO2. The van der Waals surface area contributed by atoms with E-state index in [2.05, 4.69) is 19.2 Å². The zero-order valence-electron chi connectivity index (χ0n) is 11.5. The minimum Gasteiger partial charge on any atom is -0.493 e. The fourth-order valence-corrected chi connectivity index (χ4v) is 3.00. The third-order valence-corrected chi connectivity index (χ3v) is 4.00. The maximum Gasteiger partial charge on any atom is 0.254 e. The van der Waals surface area contributed by atoms with Gasteiger partial charge in [0, 0.05) is 37.2 Å². The van der Waals surface area contributed by atoms with Crippen LogP contribution in [0.15, 0.2) is 18.2 Å². The molecule has 2 heterocycles. The Morgan fingerprint density at radius 2 is 2.05 bits per heavy atom. The van der Waals surface area contributed by atoms with Crippen LogP contribution in [0.25, 0.3) is 0 Å². The summed E-state index contributed by atoms with van der Waals surface area (Å²) in [6.45, 7) is 6.65. The summed E-state index contributed by atoms with van der Waals surface area (Å²) < 4.78 is 5.49. The van der Waals surface area contributed by atoms with E-state index in [9.17, 15) is 4.79 Å². The number of rotatable bonds is 1. The average Bonchev–Trinajstić information content (AvgIpc) is 2.85. The van der Waals surface area contributed by atoms with Crippen molar-refractivity contribution in [3.63, 3.8) is 0 Å². The first-order valence-corrected chi connectivity index (χ1v) is 6.96. The molecule has 0 aliphatic carbocycles. The van der Waals surface area contributed by atoms with Crippen LogP contribution in [0.5, 0.6) is 5.75 Å². The highest BCUT2D eigenvalue weighted by atomic mass is 16.5. The molecule has 1 aromatic carbocycles. The van der Waals surface area contributed by atoms with E-state index in [1.165, 1.54) is 0 Å². The molecule has 4 nitrogen and oxygen atoms in total. The van der Waals surface area contributed by atoms with Gasteiger partial charge in [-0.3, -0.25) is 4.79 Å². The Morgan fingerprint density at radius 3 is 2.79 bits per heavy atom. The largest absolute Gasteiger partial charge is 0.493 e. The lowest BCUT2D eigenvalue weighted by atomic mass is 10.0. The number of fused-ring (bicyclic) bond motifs is 1. The molecule has 3 rings (SSSR count). The Balaban J connectivity index is 1.86. The van der Waals surface area contributed by atoms with Crippen molar-refractivity contribution in [1.82, 2.24) is 10.2 Å². The molecule has 1 aromatic rings. The zero-order chi connectivity index (χ0) is 13.4. The van der Waals surface area contributed by atoms with E-state index >= 15 is 0 Å². The van der Waals surface area contributed by atoms with E-state index in [0.29, 0.717) is 0 Å². The smallest absolute Gasteiger partial charge is 0.254 e. The molecule has 1 saturated heterocycles. The minimum atomic E-state index is 0.135. The fraction of sp³-hybridized carbons (Fsp3) is 0.533. The number of hydrogen-bond donors (Lipinski definition) is 1. The van der Waals surface area contributed by atoms with Gasteiger partial charge in [-0.15, -0.1) is 0 Å². The first-order chi connectivity index (χ1) is 9.16. The van der Waals surface area contributed by atoms with Gasteiger partial charge in [0.15, 0.2) is 0 Å². The van der Waals surface area contributed by atoms with Gasteiger partial charge in [0.1, 0.15) is 5.75 Å². The average molecular weight is 260 g/mol. The highest BCUT2D eigenvalue weighted by Crippen LogP contribution is 2.27. The van der Waals surface area contributed by atoms with E-state index < -0.39 is 0 Å². The lowest BCUT2D eigenvalue weighted by Crippen LogP contribution is -2.57. The Morgan fingerprint density at radius 1 is 1.32 bits per heavy atom. The van der Waals surface area contributed by atoms with Crippen molar-refractivity contribution in [2.24, 2.45) is 0 Å². The Hall–Kier alpha value is -1.55. The quantitative estimate of drug-likeness (QED) is 0.831. The lowest BCUT2D eigenvalue weighted by molar-refractivity contribution is 0.0544. The van der Waals surface area contributed by atoms with Crippen molar-refractivity contribution < 1.29 is 9.53 Å². The van der Waals surface area contributed by atoms with E-state index in [0.717, 1.165) is 43.0 Å². The van der Waals surface area contributed by atoms with Crippen molar-refractivity contribution in [2.45, 2.75) is 32.4 Å². The van der Waals surface area contributed by atoms with Crippen LogP contribution in [-0.2, 0) is 6.42 Å². The summed E-state index contributed by atoms with van der Waals surface area (Å²) in [4.78, 5) is 14.7. The summed E-state index contributed by atoms with van der Waals surface area (Å²) in [7, 11) is 0. The maximum absolute atomic E-state index is 12.7. The minimum absolute atomic E-state index is 0.135. The van der Waals surface area contributed by atoms with Crippen LogP contribution in [0.4, 0.5) is 0 Å². The third-order valence-electron chi connectivity index (χ3n) is 4.00. The molecular formula is C15H20N2O2. The number of nitrogens with one attached hydrogen (secondary N) is 1. The van der Waals surface area contributed by atoms with Crippen LogP contribution in [0, 0.1) is 0 Å². The second-order valence-corrected chi connectivity index (χ2v) is 5.49. The molecule has 19 heavy (non-hydrogen) atoms. The molecule has 0 spiro atoms. The lowest BCUT2D eigenvalue weighted by Gasteiger charge is -2.39. The molecule has 0 saturated carbocycles. The number of carbonyl (C=O) groups is 1. The molecule has 1 amide bonds. The Kier molecular flexibility index (Phi) is 3.19. The van der Waals surface area contributed by atoms with Crippen molar-refractivity contribution in [2.75, 3.05) is 19.7 Å². The number of nitrogens with zero attached hydrogens (tertiary/aromatic N) is 1. The molecule has 102 valence electrons. The zero-order valence-corrected chi connectivity index (χ0v) is 11.5. The van der Waals surface area contributed by atoms with Crippen LogP contribution in [0.3, 0.4) is 0 Å². The number of carbonyl (C=O) groups excluding carboxylic acids is 1. The van der Waals surface area contributed by atoms with E-state index in [-0.39, 0.29) is 18.0 Å². The molecule has 2 atom stereocenters. The van der Waals surface area contributed by atoms with Gasteiger partial charge >= 0.3 is 0 Å². The summed E-state index contributed by atoms with van der Waals surface area (Å²) in [6.07, 6.45) is 0.906. The first-order valence-electron chi connectivity index (χ1n) is 6.96. The van der Waals surface area contributed by atoms with Gasteiger partial charge in [0.2, 0.25) is 0 Å². The van der Waals surface area contributed by atoms with Crippen LogP contribution in [0.2, 0.25) is 0 Å². The predicted octanol–water partition coefficient (Wildman–Crippen LogP) is 1.44. The van der Waals surface area contributed by atoms with Crippen molar-refractivity contribution >= 4 is 5.91 Å². The summed E-state index contributed by atoms with van der Waals surface area (Å²) in [5.74, 6) is 1.06. The van der Waals surface area contributed by atoms with Crippen LogP contribution in [-0.4, -0.2) is 42.6 Å². The number of piperazine rings is 1. The Labute approximate surface area is 113 Å². The third kappa shape index (κ3) is 2.21. The van der Waals surface area contributed by atoms with E-state index in [4.69, 9.17) is 4.74 Å². The standard InChI is InChI=1S/C15H20N2O2/c1-10-8-16-9-11(2)17(10)15(18)13-3-4-14-12(7-13)5-6-19-14/h3-4,7,10-11,16H,5-6,8-9H2,1-2H3. The highest BCUT2D eigenvalue weighted by Gasteiger charge is 2.30. The van der Waals surface area contributed by atoms with Crippen LogP contribution < -0.4 is 10.1 Å². The first kappa shape index (κ1) is 12.5. The van der Waals surface area contributed by atoms with E-state index in [1.807, 2.05) is 23.1 Å². The van der Waals surface area contributed by atoms with Crippen molar-refractivity contribution in [3.8, 4) is 5.75 Å². The molecule has 2 unspecified atom stereocenters. The normalized spacial score (nSPS) is 25.9. The van der Waals surface area contributed by atoms with Gasteiger partial charge in [0.25, 0.3) is 5.91 Å². The number of hydrogen-bond acceptors (Lipinski definition) is 3. The van der Waals surface area contributed by atoms with Gasteiger partial charge < -0.3 is 15.0 Å². The van der Waals surface area contributed by atoms with Crippen LogP contribution in [0.1, 0.15) is 29.8 Å². The van der Waals surface area contributed by atoms with Gasteiger partial charge in [-0.2, -0.15) is 0 Å². The van der Waals surface area contributed by atoms with Crippen LogP contribution >= 0.6 is 0 Å². The molecule has 2 aliphatic rings. The maximum atomic E-state index is 12.7. The molecular weight excluding hydrogens is 240 g/mol. The molecule has 1 N–H and O–H groups in total. The van der Waals surface area contributed by atoms with Crippen molar-refractivity contribution in [3.05, 3.63) is 29.3 Å². The summed E-state index contributed by atoms with van der Waals surface area (Å²) >= 11 is 0. The van der Waals surface area contributed by atoms with E-state index in [1.54, 1.807) is 0 Å². The predicted molar refractivity (Wildman–Crippen MR) is 73.6 cm³/mol. The molecule has 0 bridgehead atoms. The van der Waals surface area contributed by atoms with Gasteiger partial charge in [-0.25, -0.2) is 0 Å². The molecule has 0 aromatic heterocycles. The molecule has 4 heteroatoms. The summed E-state index contributed by atoms with van der Waals surface area (Å²) in [5, 5.41) is 3.35. The number of benzene rings is 1. The molecule has 2 aliphatic heterocycles. The molecule has 1 fully saturated rings. The second-order valence-electron chi connectivity index (χ2n) is 5.49. The highest BCUT2D eigenvalue weighted by molar-refractivity contribution is 5.95. The Bertz CT molecular complexity index is 491. The monoisotopic (exact) mass is 260 g/mol. The van der Waals surface area contributed by atoms with Gasteiger partial charge in [0.05, 0.1) is 6.61 Å². The summed E-state index contributed by atoms with van der Waals surface area (Å²) in [5.41, 5.74) is 1.94. The van der Waals surface area contributed by atoms with Crippen molar-refractivity contribution in [1.29, 1.82) is 0 Å². The molecule has 0 radical (unpaired) electrons. The van der Waals surface area contributed by atoms with Gasteiger partial charge in [-0.1, -0.05) is 0 Å². The summed E-state index contributed by atoms with van der Waals surface area (Å²) in [6, 6.07) is 6.27.